The molecular weight excluding hydrogens is 518 g/mol. The summed E-state index contributed by atoms with van der Waals surface area (Å²) in [6, 6.07) is 24.0. The predicted molar refractivity (Wildman–Crippen MR) is 161 cm³/mol. The molecule has 41 heavy (non-hydrogen) atoms. The van der Waals surface area contributed by atoms with Crippen LogP contribution in [0.2, 0.25) is 0 Å². The molecule has 0 spiro atoms. The fourth-order valence-corrected chi connectivity index (χ4v) is 4.16. The summed E-state index contributed by atoms with van der Waals surface area (Å²) in [5, 5.41) is 10.7. The molecule has 0 atom stereocenters. The largest absolute Gasteiger partial charge is 0.497 e. The molecule has 0 saturated heterocycles. The molecule has 1 heterocycles. The van der Waals surface area contributed by atoms with Crippen molar-refractivity contribution in [1.29, 1.82) is 0 Å². The number of methoxy groups -OCH3 is 2. The number of amides is 3. The molecule has 0 aliphatic carbocycles. The molecule has 4 aromatic rings. The van der Waals surface area contributed by atoms with Gasteiger partial charge in [-0.2, -0.15) is 5.10 Å². The molecule has 4 rings (SSSR count). The third-order valence-electron chi connectivity index (χ3n) is 6.46. The van der Waals surface area contributed by atoms with Crippen molar-refractivity contribution in [3.05, 3.63) is 95.7 Å². The van der Waals surface area contributed by atoms with E-state index in [1.54, 1.807) is 37.1 Å². The maximum absolute atomic E-state index is 13.5. The van der Waals surface area contributed by atoms with Gasteiger partial charge in [0.2, 0.25) is 5.91 Å². The van der Waals surface area contributed by atoms with E-state index in [0.717, 1.165) is 22.5 Å². The Hall–Kier alpha value is -4.79. The molecular formula is C32H37N5O4. The van der Waals surface area contributed by atoms with Crippen LogP contribution in [0.5, 0.6) is 11.5 Å². The van der Waals surface area contributed by atoms with E-state index in [2.05, 4.69) is 31.4 Å². The number of carbonyl (C=O) groups excluding carboxylic acids is 2. The second-order valence-electron chi connectivity index (χ2n) is 10.8. The van der Waals surface area contributed by atoms with Gasteiger partial charge in [0.05, 0.1) is 25.6 Å². The fraction of sp³-hybridized carbons (Fsp3) is 0.281. The molecule has 0 aliphatic rings. The summed E-state index contributed by atoms with van der Waals surface area (Å²) in [6.45, 7) is 8.27. The number of urea groups is 1. The first kappa shape index (κ1) is 29.2. The Bertz CT molecular complexity index is 1470. The van der Waals surface area contributed by atoms with Gasteiger partial charge < -0.3 is 25.0 Å². The fourth-order valence-electron chi connectivity index (χ4n) is 4.16. The van der Waals surface area contributed by atoms with Gasteiger partial charge in [0.25, 0.3) is 0 Å². The van der Waals surface area contributed by atoms with Crippen LogP contribution in [0.4, 0.5) is 16.3 Å². The van der Waals surface area contributed by atoms with E-state index in [0.29, 0.717) is 23.0 Å². The molecule has 0 radical (unpaired) electrons. The molecule has 0 saturated carbocycles. The third-order valence-corrected chi connectivity index (χ3v) is 6.46. The minimum atomic E-state index is -0.443. The Morgan fingerprint density at radius 2 is 1.51 bits per heavy atom. The first-order valence-corrected chi connectivity index (χ1v) is 13.4. The van der Waals surface area contributed by atoms with Crippen LogP contribution in [-0.2, 0) is 16.8 Å². The second-order valence-corrected chi connectivity index (χ2v) is 10.8. The van der Waals surface area contributed by atoms with Crippen molar-refractivity contribution in [2.24, 2.45) is 0 Å². The zero-order chi connectivity index (χ0) is 29.6. The van der Waals surface area contributed by atoms with Crippen LogP contribution in [0.1, 0.15) is 37.6 Å². The molecule has 0 bridgehead atoms. The van der Waals surface area contributed by atoms with Gasteiger partial charge in [-0.25, -0.2) is 9.48 Å². The smallest absolute Gasteiger partial charge is 0.322 e. The molecule has 2 N–H and O–H groups in total. The number of aromatic nitrogens is 2. The van der Waals surface area contributed by atoms with Gasteiger partial charge in [-0.3, -0.25) is 4.79 Å². The third kappa shape index (κ3) is 7.66. The lowest BCUT2D eigenvalue weighted by Crippen LogP contribution is -2.40. The van der Waals surface area contributed by atoms with Gasteiger partial charge in [-0.05, 0) is 24.6 Å². The van der Waals surface area contributed by atoms with E-state index >= 15 is 0 Å². The Morgan fingerprint density at radius 3 is 2.10 bits per heavy atom. The van der Waals surface area contributed by atoms with Crippen molar-refractivity contribution in [1.82, 2.24) is 14.7 Å². The number of hydrogen-bond donors (Lipinski definition) is 2. The lowest BCUT2D eigenvalue weighted by atomic mass is 9.92. The van der Waals surface area contributed by atoms with Crippen LogP contribution in [0, 0.1) is 6.92 Å². The van der Waals surface area contributed by atoms with Gasteiger partial charge >= 0.3 is 6.03 Å². The van der Waals surface area contributed by atoms with Crippen LogP contribution >= 0.6 is 0 Å². The van der Waals surface area contributed by atoms with Crippen molar-refractivity contribution in [3.8, 4) is 17.2 Å². The molecule has 1 aromatic heterocycles. The van der Waals surface area contributed by atoms with E-state index < -0.39 is 6.03 Å². The van der Waals surface area contributed by atoms with Crippen LogP contribution in [0.25, 0.3) is 5.69 Å². The van der Waals surface area contributed by atoms with E-state index in [-0.39, 0.29) is 24.4 Å². The first-order chi connectivity index (χ1) is 19.5. The highest BCUT2D eigenvalue weighted by Crippen LogP contribution is 2.28. The van der Waals surface area contributed by atoms with Crippen LogP contribution in [0.15, 0.2) is 78.9 Å². The summed E-state index contributed by atoms with van der Waals surface area (Å²) < 4.78 is 12.4. The minimum Gasteiger partial charge on any atom is -0.497 e. The van der Waals surface area contributed by atoms with Gasteiger partial charge in [0, 0.05) is 41.9 Å². The highest BCUT2D eigenvalue weighted by atomic mass is 16.5. The van der Waals surface area contributed by atoms with E-state index in [9.17, 15) is 9.59 Å². The van der Waals surface area contributed by atoms with Crippen molar-refractivity contribution in [3.63, 3.8) is 0 Å². The first-order valence-electron chi connectivity index (χ1n) is 13.4. The monoisotopic (exact) mass is 555 g/mol. The quantitative estimate of drug-likeness (QED) is 0.258. The topological polar surface area (TPSA) is 97.7 Å². The Balaban J connectivity index is 1.59. The standard InChI is InChI=1S/C32H37N5O4/c1-22-12-14-25(15-13-22)37-29(19-28(35-37)32(2,3)4)34-30(38)21-36(20-23-10-8-7-9-11-23)31(39)33-24-16-26(40-5)18-27(17-24)41-6/h7-19H,20-21H2,1-6H3,(H,33,39)(H,34,38). The lowest BCUT2D eigenvalue weighted by molar-refractivity contribution is -0.116. The average Bonchev–Trinajstić information content (AvgIpc) is 3.37. The zero-order valence-electron chi connectivity index (χ0n) is 24.4. The SMILES string of the molecule is COc1cc(NC(=O)N(CC(=O)Nc2cc(C(C)(C)C)nn2-c2ccc(C)cc2)Cc2ccccc2)cc(OC)c1. The number of aryl methyl sites for hydroxylation is 1. The number of nitrogens with one attached hydrogen (secondary N) is 2. The van der Waals surface area contributed by atoms with Crippen molar-refractivity contribution < 1.29 is 19.1 Å². The number of hydrogen-bond acceptors (Lipinski definition) is 5. The lowest BCUT2D eigenvalue weighted by Gasteiger charge is -2.23. The number of ether oxygens (including phenoxy) is 2. The molecule has 9 nitrogen and oxygen atoms in total. The summed E-state index contributed by atoms with van der Waals surface area (Å²) in [5.41, 5.74) is 3.92. The Morgan fingerprint density at radius 1 is 0.878 bits per heavy atom. The highest BCUT2D eigenvalue weighted by Gasteiger charge is 2.23. The maximum atomic E-state index is 13.5. The highest BCUT2D eigenvalue weighted by molar-refractivity contribution is 5.97. The summed E-state index contributed by atoms with van der Waals surface area (Å²) >= 11 is 0. The number of benzene rings is 3. The number of anilines is 2. The average molecular weight is 556 g/mol. The minimum absolute atomic E-state index is 0.189. The summed E-state index contributed by atoms with van der Waals surface area (Å²) in [6.07, 6.45) is 0. The maximum Gasteiger partial charge on any atom is 0.322 e. The van der Waals surface area contributed by atoms with Crippen molar-refractivity contribution in [2.75, 3.05) is 31.4 Å². The molecule has 214 valence electrons. The summed E-state index contributed by atoms with van der Waals surface area (Å²) in [7, 11) is 3.08. The molecule has 3 aromatic carbocycles. The molecule has 0 fully saturated rings. The Labute approximate surface area is 241 Å². The summed E-state index contributed by atoms with van der Waals surface area (Å²) in [4.78, 5) is 28.4. The predicted octanol–water partition coefficient (Wildman–Crippen LogP) is 6.17. The van der Waals surface area contributed by atoms with Gasteiger partial charge in [-0.1, -0.05) is 68.8 Å². The van der Waals surface area contributed by atoms with Gasteiger partial charge in [0.1, 0.15) is 23.9 Å². The Kier molecular flexibility index (Phi) is 8.97. The van der Waals surface area contributed by atoms with Gasteiger partial charge in [0.15, 0.2) is 0 Å². The number of carbonyl (C=O) groups is 2. The van der Waals surface area contributed by atoms with Crippen LogP contribution in [0.3, 0.4) is 0 Å². The zero-order valence-corrected chi connectivity index (χ0v) is 24.4. The molecule has 0 unspecified atom stereocenters. The summed E-state index contributed by atoms with van der Waals surface area (Å²) in [5.74, 6) is 1.24. The molecule has 9 heteroatoms. The van der Waals surface area contributed by atoms with Crippen molar-refractivity contribution >= 4 is 23.4 Å². The van der Waals surface area contributed by atoms with Gasteiger partial charge in [-0.15, -0.1) is 0 Å². The van der Waals surface area contributed by atoms with Crippen LogP contribution in [-0.4, -0.2) is 47.4 Å². The molecule has 0 aliphatic heterocycles. The normalized spacial score (nSPS) is 11.1. The second kappa shape index (κ2) is 12.6. The van der Waals surface area contributed by atoms with E-state index in [1.165, 1.54) is 4.90 Å². The molecule has 3 amide bonds. The van der Waals surface area contributed by atoms with Crippen LogP contribution < -0.4 is 20.1 Å². The van der Waals surface area contributed by atoms with E-state index in [4.69, 9.17) is 14.6 Å². The van der Waals surface area contributed by atoms with Crippen molar-refractivity contribution in [2.45, 2.75) is 39.7 Å². The van der Waals surface area contributed by atoms with E-state index in [1.807, 2.05) is 67.6 Å². The number of nitrogens with zero attached hydrogens (tertiary/aromatic N) is 3. The number of rotatable bonds is 9.